The monoisotopic (exact) mass is 346 g/mol. The summed E-state index contributed by atoms with van der Waals surface area (Å²) in [6.45, 7) is 7.63. The Labute approximate surface area is 146 Å². The molecule has 2 rings (SSSR count). The molecule has 1 N–H and O–H groups in total. The van der Waals surface area contributed by atoms with Gasteiger partial charge in [-0.1, -0.05) is 17.3 Å². The highest BCUT2D eigenvalue weighted by Gasteiger charge is 2.21. The fourth-order valence-corrected chi connectivity index (χ4v) is 2.21. The van der Waals surface area contributed by atoms with Gasteiger partial charge in [-0.05, 0) is 39.8 Å². The van der Waals surface area contributed by atoms with Gasteiger partial charge in [-0.15, -0.1) is 0 Å². The van der Waals surface area contributed by atoms with Crippen LogP contribution < -0.4 is 10.1 Å². The van der Waals surface area contributed by atoms with Crippen molar-refractivity contribution in [3.05, 3.63) is 46.8 Å². The van der Waals surface area contributed by atoms with Crippen molar-refractivity contribution in [2.45, 2.75) is 40.4 Å². The molecule has 1 aromatic carbocycles. The number of aryl methyl sites for hydroxylation is 2. The van der Waals surface area contributed by atoms with Crippen LogP contribution in [-0.4, -0.2) is 29.7 Å². The van der Waals surface area contributed by atoms with E-state index in [1.165, 1.54) is 6.92 Å². The summed E-state index contributed by atoms with van der Waals surface area (Å²) < 4.78 is 16.1. The van der Waals surface area contributed by atoms with Crippen LogP contribution in [0.1, 0.15) is 41.2 Å². The van der Waals surface area contributed by atoms with Gasteiger partial charge in [0.25, 0.3) is 5.91 Å². The van der Waals surface area contributed by atoms with Crippen molar-refractivity contribution in [1.29, 1.82) is 0 Å². The fourth-order valence-electron chi connectivity index (χ4n) is 2.21. The number of nitrogens with zero attached hydrogens (tertiary/aromatic N) is 1. The largest absolute Gasteiger partial charge is 0.488 e. The summed E-state index contributed by atoms with van der Waals surface area (Å²) in [6.07, 6.45) is -0.886. The molecule has 0 radical (unpaired) electrons. The molecule has 2 aromatic rings. The van der Waals surface area contributed by atoms with Crippen LogP contribution in [0.2, 0.25) is 0 Å². The Bertz CT molecular complexity index is 734. The highest BCUT2D eigenvalue weighted by molar-refractivity contribution is 5.94. The molecule has 1 amide bonds. The van der Waals surface area contributed by atoms with E-state index in [0.717, 1.165) is 11.3 Å². The molecule has 0 fully saturated rings. The molecule has 0 saturated heterocycles. The van der Waals surface area contributed by atoms with E-state index in [1.54, 1.807) is 38.1 Å². The number of carbonyl (C=O) groups is 2. The number of benzene rings is 1. The van der Waals surface area contributed by atoms with E-state index in [4.69, 9.17) is 14.0 Å². The molecule has 25 heavy (non-hydrogen) atoms. The van der Waals surface area contributed by atoms with Crippen molar-refractivity contribution in [3.8, 4) is 5.75 Å². The Kier molecular flexibility index (Phi) is 6.16. The van der Waals surface area contributed by atoms with Gasteiger partial charge in [0.15, 0.2) is 6.10 Å². The summed E-state index contributed by atoms with van der Waals surface area (Å²) >= 11 is 0. The molecule has 1 aromatic heterocycles. The maximum Gasteiger partial charge on any atom is 0.342 e. The zero-order valence-corrected chi connectivity index (χ0v) is 14.8. The normalized spacial score (nSPS) is 11.7. The number of ether oxygens (including phenoxy) is 2. The number of hydrogen-bond donors (Lipinski definition) is 1. The summed E-state index contributed by atoms with van der Waals surface area (Å²) in [6, 6.07) is 6.73. The van der Waals surface area contributed by atoms with Crippen LogP contribution in [-0.2, 0) is 16.1 Å². The van der Waals surface area contributed by atoms with Gasteiger partial charge in [0.1, 0.15) is 23.7 Å². The third-order valence-corrected chi connectivity index (χ3v) is 3.66. The van der Waals surface area contributed by atoms with Crippen LogP contribution in [0.5, 0.6) is 5.75 Å². The topological polar surface area (TPSA) is 90.7 Å². The van der Waals surface area contributed by atoms with Crippen LogP contribution in [0.15, 0.2) is 28.8 Å². The number of hydrogen-bond acceptors (Lipinski definition) is 6. The van der Waals surface area contributed by atoms with Gasteiger partial charge in [-0.2, -0.15) is 0 Å². The number of amides is 1. The number of aromatic nitrogens is 1. The molecule has 0 spiro atoms. The lowest BCUT2D eigenvalue weighted by Crippen LogP contribution is -2.35. The van der Waals surface area contributed by atoms with E-state index < -0.39 is 12.1 Å². The molecule has 7 nitrogen and oxygen atoms in total. The van der Waals surface area contributed by atoms with Gasteiger partial charge < -0.3 is 19.3 Å². The molecule has 0 saturated carbocycles. The van der Waals surface area contributed by atoms with Crippen LogP contribution in [0, 0.1) is 13.8 Å². The molecule has 0 aliphatic rings. The Balaban J connectivity index is 2.09. The Morgan fingerprint density at radius 3 is 2.64 bits per heavy atom. The van der Waals surface area contributed by atoms with Crippen LogP contribution in [0.3, 0.4) is 0 Å². The predicted molar refractivity (Wildman–Crippen MR) is 90.3 cm³/mol. The molecule has 7 heteroatoms. The van der Waals surface area contributed by atoms with E-state index in [-0.39, 0.29) is 18.1 Å². The van der Waals surface area contributed by atoms with E-state index in [2.05, 4.69) is 10.5 Å². The van der Waals surface area contributed by atoms with Crippen LogP contribution >= 0.6 is 0 Å². The Morgan fingerprint density at radius 2 is 2.00 bits per heavy atom. The molecular formula is C18H22N2O5. The minimum atomic E-state index is -0.886. The minimum absolute atomic E-state index is 0.220. The lowest BCUT2D eigenvalue weighted by atomic mass is 10.2. The second-order valence-electron chi connectivity index (χ2n) is 5.53. The third kappa shape index (κ3) is 4.59. The highest BCUT2D eigenvalue weighted by Crippen LogP contribution is 2.22. The zero-order valence-electron chi connectivity index (χ0n) is 14.8. The van der Waals surface area contributed by atoms with Gasteiger partial charge in [-0.3, -0.25) is 4.79 Å². The van der Waals surface area contributed by atoms with Gasteiger partial charge in [0.05, 0.1) is 11.3 Å². The second-order valence-corrected chi connectivity index (χ2v) is 5.53. The average Bonchev–Trinajstić information content (AvgIpc) is 2.91. The Morgan fingerprint density at radius 1 is 1.28 bits per heavy atom. The maximum atomic E-state index is 12.4. The first-order valence-electron chi connectivity index (χ1n) is 8.06. The molecule has 1 atom stereocenters. The number of esters is 1. The minimum Gasteiger partial charge on any atom is -0.488 e. The zero-order chi connectivity index (χ0) is 18.4. The first-order valence-corrected chi connectivity index (χ1v) is 8.06. The first-order chi connectivity index (χ1) is 11.9. The van der Waals surface area contributed by atoms with Gasteiger partial charge in [0, 0.05) is 6.54 Å². The predicted octanol–water partition coefficient (Wildman–Crippen LogP) is 2.55. The van der Waals surface area contributed by atoms with E-state index in [0.29, 0.717) is 18.1 Å². The molecule has 0 aliphatic heterocycles. The summed E-state index contributed by atoms with van der Waals surface area (Å²) in [4.78, 5) is 24.1. The second kappa shape index (κ2) is 8.32. The molecule has 0 bridgehead atoms. The number of rotatable bonds is 7. The standard InChI is InChI=1S/C18H22N2O5/c1-5-19-17(21)13(4)24-18(22)14-8-6-7-9-16(14)23-10-15-11(2)20-25-12(15)3/h6-9,13H,5,10H2,1-4H3,(H,19,21)/t13-/m0/s1. The van der Waals surface area contributed by atoms with Crippen molar-refractivity contribution in [2.24, 2.45) is 0 Å². The van der Waals surface area contributed by atoms with Crippen molar-refractivity contribution >= 4 is 11.9 Å². The SMILES string of the molecule is CCNC(=O)[C@H](C)OC(=O)c1ccccc1OCc1c(C)noc1C. The lowest BCUT2D eigenvalue weighted by Gasteiger charge is -2.15. The van der Waals surface area contributed by atoms with Gasteiger partial charge in [0.2, 0.25) is 0 Å². The number of nitrogens with one attached hydrogen (secondary N) is 1. The quantitative estimate of drug-likeness (QED) is 0.775. The summed E-state index contributed by atoms with van der Waals surface area (Å²) in [5.74, 6) is 0.0797. The van der Waals surface area contributed by atoms with E-state index in [1.807, 2.05) is 6.92 Å². The van der Waals surface area contributed by atoms with Gasteiger partial charge in [-0.25, -0.2) is 4.79 Å². The maximum absolute atomic E-state index is 12.4. The number of likely N-dealkylation sites (N-methyl/N-ethyl adjacent to an activating group) is 1. The molecular weight excluding hydrogens is 324 g/mol. The molecule has 134 valence electrons. The molecule has 0 aliphatic carbocycles. The van der Waals surface area contributed by atoms with Gasteiger partial charge >= 0.3 is 5.97 Å². The van der Waals surface area contributed by atoms with Crippen LogP contribution in [0.4, 0.5) is 0 Å². The van der Waals surface area contributed by atoms with E-state index in [9.17, 15) is 9.59 Å². The number of para-hydroxylation sites is 1. The summed E-state index contributed by atoms with van der Waals surface area (Å²) in [7, 11) is 0. The summed E-state index contributed by atoms with van der Waals surface area (Å²) in [5.41, 5.74) is 1.83. The number of carbonyl (C=O) groups excluding carboxylic acids is 2. The van der Waals surface area contributed by atoms with Crippen molar-refractivity contribution < 1.29 is 23.6 Å². The highest BCUT2D eigenvalue weighted by atomic mass is 16.5. The molecule has 0 unspecified atom stereocenters. The van der Waals surface area contributed by atoms with Crippen molar-refractivity contribution in [3.63, 3.8) is 0 Å². The fraction of sp³-hybridized carbons (Fsp3) is 0.389. The Hall–Kier alpha value is -2.83. The first kappa shape index (κ1) is 18.5. The van der Waals surface area contributed by atoms with Crippen LogP contribution in [0.25, 0.3) is 0 Å². The van der Waals surface area contributed by atoms with Crippen molar-refractivity contribution in [1.82, 2.24) is 10.5 Å². The smallest absolute Gasteiger partial charge is 0.342 e. The van der Waals surface area contributed by atoms with E-state index >= 15 is 0 Å². The average molecular weight is 346 g/mol. The summed E-state index contributed by atoms with van der Waals surface area (Å²) in [5, 5.41) is 6.48. The lowest BCUT2D eigenvalue weighted by molar-refractivity contribution is -0.128. The molecule has 1 heterocycles. The third-order valence-electron chi connectivity index (χ3n) is 3.66. The van der Waals surface area contributed by atoms with Crippen molar-refractivity contribution in [2.75, 3.05) is 6.54 Å².